The van der Waals surface area contributed by atoms with E-state index in [9.17, 15) is 14.7 Å². The fourth-order valence-electron chi connectivity index (χ4n) is 2.18. The molecule has 1 saturated heterocycles. The van der Waals surface area contributed by atoms with Crippen molar-refractivity contribution in [2.45, 2.75) is 25.4 Å². The van der Waals surface area contributed by atoms with Crippen LogP contribution >= 0.6 is 0 Å². The van der Waals surface area contributed by atoms with Gasteiger partial charge in [0.05, 0.1) is 6.10 Å². The van der Waals surface area contributed by atoms with Crippen LogP contribution in [-0.4, -0.2) is 41.5 Å². The van der Waals surface area contributed by atoms with Crippen LogP contribution in [0.2, 0.25) is 0 Å². The van der Waals surface area contributed by atoms with Crippen molar-refractivity contribution < 1.29 is 24.5 Å². The smallest absolute Gasteiger partial charge is 0.339 e. The highest BCUT2D eigenvalue weighted by molar-refractivity contribution is 5.93. The van der Waals surface area contributed by atoms with Gasteiger partial charge in [-0.1, -0.05) is 0 Å². The van der Waals surface area contributed by atoms with Crippen LogP contribution in [0.25, 0.3) is 0 Å². The van der Waals surface area contributed by atoms with Gasteiger partial charge in [-0.3, -0.25) is 0 Å². The molecule has 1 fully saturated rings. The molecule has 0 bridgehead atoms. The number of carboxylic acids is 1. The SMILES string of the molecule is O=C(NCCC1CCCO1)Nc1ccc(C(=O)O)c(O)c1. The van der Waals surface area contributed by atoms with E-state index in [1.807, 2.05) is 0 Å². The molecule has 7 heteroatoms. The van der Waals surface area contributed by atoms with E-state index in [2.05, 4.69) is 10.6 Å². The molecule has 1 heterocycles. The number of carbonyl (C=O) groups excluding carboxylic acids is 1. The third kappa shape index (κ3) is 4.35. The van der Waals surface area contributed by atoms with Crippen LogP contribution in [0.1, 0.15) is 29.6 Å². The molecular weight excluding hydrogens is 276 g/mol. The molecule has 2 rings (SSSR count). The molecular formula is C14H18N2O5. The number of rotatable bonds is 5. The van der Waals surface area contributed by atoms with Gasteiger partial charge in [0.15, 0.2) is 0 Å². The summed E-state index contributed by atoms with van der Waals surface area (Å²) in [5.74, 6) is -1.61. The molecule has 1 aliphatic rings. The molecule has 4 N–H and O–H groups in total. The topological polar surface area (TPSA) is 108 Å². The fraction of sp³-hybridized carbons (Fsp3) is 0.429. The van der Waals surface area contributed by atoms with Gasteiger partial charge < -0.3 is 25.6 Å². The molecule has 1 aromatic carbocycles. The molecule has 21 heavy (non-hydrogen) atoms. The summed E-state index contributed by atoms with van der Waals surface area (Å²) >= 11 is 0. The van der Waals surface area contributed by atoms with Gasteiger partial charge in [-0.2, -0.15) is 0 Å². The van der Waals surface area contributed by atoms with Gasteiger partial charge >= 0.3 is 12.0 Å². The largest absolute Gasteiger partial charge is 0.507 e. The Morgan fingerprint density at radius 1 is 1.38 bits per heavy atom. The maximum Gasteiger partial charge on any atom is 0.339 e. The molecule has 1 unspecified atom stereocenters. The number of ether oxygens (including phenoxy) is 1. The third-order valence-corrected chi connectivity index (χ3v) is 3.26. The second-order valence-electron chi connectivity index (χ2n) is 4.84. The summed E-state index contributed by atoms with van der Waals surface area (Å²) in [7, 11) is 0. The van der Waals surface area contributed by atoms with E-state index in [1.54, 1.807) is 0 Å². The number of urea groups is 1. The second-order valence-corrected chi connectivity index (χ2v) is 4.84. The van der Waals surface area contributed by atoms with Crippen molar-refractivity contribution in [3.05, 3.63) is 23.8 Å². The summed E-state index contributed by atoms with van der Waals surface area (Å²) in [6.45, 7) is 1.28. The minimum absolute atomic E-state index is 0.209. The molecule has 0 aliphatic carbocycles. The Labute approximate surface area is 121 Å². The van der Waals surface area contributed by atoms with Crippen molar-refractivity contribution in [3.63, 3.8) is 0 Å². The normalized spacial score (nSPS) is 17.4. The van der Waals surface area contributed by atoms with Gasteiger partial charge in [0, 0.05) is 24.9 Å². The fourth-order valence-corrected chi connectivity index (χ4v) is 2.18. The zero-order chi connectivity index (χ0) is 15.2. The number of hydrogen-bond donors (Lipinski definition) is 4. The van der Waals surface area contributed by atoms with Gasteiger partial charge in [0.25, 0.3) is 0 Å². The predicted molar refractivity (Wildman–Crippen MR) is 75.7 cm³/mol. The van der Waals surface area contributed by atoms with Crippen molar-refractivity contribution in [3.8, 4) is 5.75 Å². The molecule has 114 valence electrons. The first-order chi connectivity index (χ1) is 10.1. The maximum absolute atomic E-state index is 11.7. The lowest BCUT2D eigenvalue weighted by Crippen LogP contribution is -2.31. The molecule has 0 spiro atoms. The maximum atomic E-state index is 11.7. The van der Waals surface area contributed by atoms with Gasteiger partial charge in [0.1, 0.15) is 11.3 Å². The lowest BCUT2D eigenvalue weighted by atomic mass is 10.2. The van der Waals surface area contributed by atoms with Crippen LogP contribution in [0.15, 0.2) is 18.2 Å². The number of anilines is 1. The Bertz CT molecular complexity index is 526. The van der Waals surface area contributed by atoms with Crippen LogP contribution in [0.5, 0.6) is 5.75 Å². The first-order valence-electron chi connectivity index (χ1n) is 6.79. The molecule has 1 aliphatic heterocycles. The van der Waals surface area contributed by atoms with Crippen molar-refractivity contribution in [1.82, 2.24) is 5.32 Å². The van der Waals surface area contributed by atoms with Crippen LogP contribution in [0.3, 0.4) is 0 Å². The Hall–Kier alpha value is -2.28. The van der Waals surface area contributed by atoms with Gasteiger partial charge in [-0.05, 0) is 31.4 Å². The monoisotopic (exact) mass is 294 g/mol. The first kappa shape index (κ1) is 15.1. The predicted octanol–water partition coefficient (Wildman–Crippen LogP) is 1.78. The van der Waals surface area contributed by atoms with Crippen LogP contribution < -0.4 is 10.6 Å². The van der Waals surface area contributed by atoms with Crippen molar-refractivity contribution in [2.75, 3.05) is 18.5 Å². The third-order valence-electron chi connectivity index (χ3n) is 3.26. The van der Waals surface area contributed by atoms with Crippen LogP contribution in [0, 0.1) is 0 Å². The van der Waals surface area contributed by atoms with Gasteiger partial charge in [0.2, 0.25) is 0 Å². The van der Waals surface area contributed by atoms with Gasteiger partial charge in [-0.25, -0.2) is 9.59 Å². The molecule has 2 amide bonds. The van der Waals surface area contributed by atoms with E-state index in [4.69, 9.17) is 9.84 Å². The summed E-state index contributed by atoms with van der Waals surface area (Å²) in [6.07, 6.45) is 3.06. The second kappa shape index (κ2) is 6.94. The molecule has 1 aromatic rings. The average molecular weight is 294 g/mol. The number of carbonyl (C=O) groups is 2. The van der Waals surface area contributed by atoms with Crippen molar-refractivity contribution >= 4 is 17.7 Å². The minimum Gasteiger partial charge on any atom is -0.507 e. The Balaban J connectivity index is 1.79. The highest BCUT2D eigenvalue weighted by atomic mass is 16.5. The summed E-state index contributed by atoms with van der Waals surface area (Å²) < 4.78 is 5.44. The number of aromatic carboxylic acids is 1. The Morgan fingerprint density at radius 2 is 2.19 bits per heavy atom. The first-order valence-corrected chi connectivity index (χ1v) is 6.79. The molecule has 7 nitrogen and oxygen atoms in total. The standard InChI is InChI=1S/C14H18N2O5/c17-12-8-9(3-4-11(12)13(18)19)16-14(20)15-6-5-10-2-1-7-21-10/h3-4,8,10,17H,1-2,5-7H2,(H,18,19)(H2,15,16,20). The zero-order valence-corrected chi connectivity index (χ0v) is 11.5. The summed E-state index contributed by atoms with van der Waals surface area (Å²) in [5, 5.41) is 23.5. The van der Waals surface area contributed by atoms with E-state index >= 15 is 0 Å². The summed E-state index contributed by atoms with van der Waals surface area (Å²) in [4.78, 5) is 22.4. The number of hydrogen-bond acceptors (Lipinski definition) is 4. The summed E-state index contributed by atoms with van der Waals surface area (Å²) in [6, 6.07) is 3.45. The lowest BCUT2D eigenvalue weighted by Gasteiger charge is -2.11. The lowest BCUT2D eigenvalue weighted by molar-refractivity contribution is 0.0693. The van der Waals surface area contributed by atoms with E-state index < -0.39 is 12.0 Å². The quantitative estimate of drug-likeness (QED) is 0.662. The highest BCUT2D eigenvalue weighted by Crippen LogP contribution is 2.21. The number of benzene rings is 1. The minimum atomic E-state index is -1.22. The molecule has 0 aromatic heterocycles. The zero-order valence-electron chi connectivity index (χ0n) is 11.5. The van der Waals surface area contributed by atoms with E-state index in [1.165, 1.54) is 18.2 Å². The molecule has 1 atom stereocenters. The van der Waals surface area contributed by atoms with E-state index in [0.29, 0.717) is 12.2 Å². The molecule has 0 radical (unpaired) electrons. The summed E-state index contributed by atoms with van der Waals surface area (Å²) in [5.41, 5.74) is 0.117. The number of aromatic hydroxyl groups is 1. The number of phenols is 1. The highest BCUT2D eigenvalue weighted by Gasteiger charge is 2.15. The van der Waals surface area contributed by atoms with Gasteiger partial charge in [-0.15, -0.1) is 0 Å². The van der Waals surface area contributed by atoms with Crippen molar-refractivity contribution in [2.24, 2.45) is 0 Å². The van der Waals surface area contributed by atoms with Crippen LogP contribution in [0.4, 0.5) is 10.5 Å². The Kier molecular flexibility index (Phi) is 4.99. The number of amides is 2. The van der Waals surface area contributed by atoms with Crippen LogP contribution in [-0.2, 0) is 4.74 Å². The van der Waals surface area contributed by atoms with E-state index in [-0.39, 0.29) is 17.4 Å². The van der Waals surface area contributed by atoms with Crippen molar-refractivity contribution in [1.29, 1.82) is 0 Å². The number of nitrogens with one attached hydrogen (secondary N) is 2. The van der Waals surface area contributed by atoms with E-state index in [0.717, 1.165) is 25.9 Å². The molecule has 0 saturated carbocycles. The number of carboxylic acid groups (broad SMARTS) is 1. The Morgan fingerprint density at radius 3 is 2.81 bits per heavy atom. The average Bonchev–Trinajstić information content (AvgIpc) is 2.91.